The Kier molecular flexibility index (Phi) is 53.6. The summed E-state index contributed by atoms with van der Waals surface area (Å²) in [5.74, 6) is 2.30. The fourth-order valence-electron chi connectivity index (χ4n) is 8.76. The molecular weight excluding hydrogens is 741 g/mol. The van der Waals surface area contributed by atoms with Gasteiger partial charge < -0.3 is 28.9 Å². The van der Waals surface area contributed by atoms with E-state index in [1.54, 1.807) is 0 Å². The van der Waals surface area contributed by atoms with Crippen molar-refractivity contribution in [3.8, 4) is 0 Å². The van der Waals surface area contributed by atoms with Crippen LogP contribution in [-0.2, 0) is 19.1 Å². The average molecular weight is 851 g/mol. The van der Waals surface area contributed by atoms with Crippen LogP contribution in [0.25, 0.3) is 0 Å². The molecule has 0 radical (unpaired) electrons. The summed E-state index contributed by atoms with van der Waals surface area (Å²) in [7, 11) is 5.88. The van der Waals surface area contributed by atoms with Crippen LogP contribution in [0.15, 0.2) is 0 Å². The van der Waals surface area contributed by atoms with Crippen molar-refractivity contribution in [1.29, 1.82) is 0 Å². The highest BCUT2D eigenvalue weighted by Crippen LogP contribution is 2.24. The third-order valence-corrected chi connectivity index (χ3v) is 13.1. The van der Waals surface area contributed by atoms with Gasteiger partial charge in [0.25, 0.3) is 0 Å². The summed E-state index contributed by atoms with van der Waals surface area (Å²) in [6, 6.07) is 0. The second-order valence-electron chi connectivity index (χ2n) is 18.8. The quantitative estimate of drug-likeness (QED) is 0.0450. The number of rotatable bonds is 43. The number of hydrogen-bond donors (Lipinski definition) is 0. The molecule has 1 saturated heterocycles. The molecule has 1 aliphatic rings. The second kappa shape index (κ2) is 52.5. The summed E-state index contributed by atoms with van der Waals surface area (Å²) in [6.45, 7) is 17.2. The van der Waals surface area contributed by atoms with Crippen LogP contribution in [-0.4, -0.2) is 89.6 Å². The van der Waals surface area contributed by atoms with Gasteiger partial charge in [-0.3, -0.25) is 0 Å². The van der Waals surface area contributed by atoms with Gasteiger partial charge in [0.15, 0.2) is 0 Å². The second-order valence-corrected chi connectivity index (χ2v) is 18.8. The number of unbranched alkanes of at least 4 members (excludes halogenated alkanes) is 20. The number of nitrogens with zero attached hydrogens (tertiary/aromatic N) is 2. The summed E-state index contributed by atoms with van der Waals surface area (Å²) < 4.78 is 10.3. The number of methoxy groups -OCH3 is 2. The summed E-state index contributed by atoms with van der Waals surface area (Å²) in [5, 5.41) is 0. The Morgan fingerprint density at radius 1 is 0.400 bits per heavy atom. The molecule has 360 valence electrons. The molecule has 1 aliphatic heterocycles. The molecule has 1 heterocycles. The zero-order chi connectivity index (χ0) is 44.4. The summed E-state index contributed by atoms with van der Waals surface area (Å²) in [4.78, 5) is 26.1. The van der Waals surface area contributed by atoms with Crippen LogP contribution in [0.1, 0.15) is 252 Å². The largest absolute Gasteiger partial charge is 0.385 e. The van der Waals surface area contributed by atoms with Crippen LogP contribution in [0.3, 0.4) is 0 Å². The maximum absolute atomic E-state index is 10.5. The first kappa shape index (κ1) is 61.3. The van der Waals surface area contributed by atoms with Gasteiger partial charge >= 0.3 is 0 Å². The molecule has 0 spiro atoms. The molecular formula is C54H110N2O4. The van der Waals surface area contributed by atoms with Gasteiger partial charge in [0.05, 0.1) is 0 Å². The van der Waals surface area contributed by atoms with E-state index in [0.717, 1.165) is 44.5 Å². The third kappa shape index (κ3) is 46.7. The van der Waals surface area contributed by atoms with Gasteiger partial charge in [0.2, 0.25) is 0 Å². The maximum atomic E-state index is 10.5. The Labute approximate surface area is 377 Å². The van der Waals surface area contributed by atoms with Crippen LogP contribution in [0.2, 0.25) is 0 Å². The van der Waals surface area contributed by atoms with E-state index in [1.807, 2.05) is 14.2 Å². The van der Waals surface area contributed by atoms with Gasteiger partial charge in [-0.25, -0.2) is 0 Å². The predicted molar refractivity (Wildman–Crippen MR) is 265 cm³/mol. The molecule has 0 bridgehead atoms. The molecule has 0 unspecified atom stereocenters. The number of piperazine rings is 1. The Balaban J connectivity index is 0. The lowest BCUT2D eigenvalue weighted by atomic mass is 9.91. The van der Waals surface area contributed by atoms with Crippen LogP contribution < -0.4 is 0 Å². The number of aldehydes is 2. The summed E-state index contributed by atoms with van der Waals surface area (Å²) in [6.07, 6.45) is 48.2. The van der Waals surface area contributed by atoms with E-state index in [0.29, 0.717) is 11.8 Å². The standard InChI is InChI=1S/C28H58N2O2.2C13H26O/c1-29-22-24-30(25-23-29)21-20-28(18-14-10-6-4-8-12-16-26-31-2)19-15-11-7-5-9-13-17-27-32-3;2*1-3-5-7-9-13(11-12-14)10-8-6-4-2/h28H,4-27H2,1-3H3;2*12-13H,3-11H2,1-2H3. The van der Waals surface area contributed by atoms with Crippen molar-refractivity contribution in [2.75, 3.05) is 67.2 Å². The first-order valence-corrected chi connectivity index (χ1v) is 26.7. The van der Waals surface area contributed by atoms with Gasteiger partial charge in [-0.1, -0.05) is 220 Å². The van der Waals surface area contributed by atoms with Crippen molar-refractivity contribution >= 4 is 12.6 Å². The molecule has 1 rings (SSSR count). The van der Waals surface area contributed by atoms with Crippen molar-refractivity contribution in [2.24, 2.45) is 17.8 Å². The van der Waals surface area contributed by atoms with E-state index in [1.165, 1.54) is 245 Å². The van der Waals surface area contributed by atoms with E-state index in [2.05, 4.69) is 44.5 Å². The molecule has 0 aromatic rings. The average Bonchev–Trinajstić information content (AvgIpc) is 3.25. The molecule has 0 aliphatic carbocycles. The SMILES string of the molecule is CCCCCC(CC=O)CCCCC.CCCCCC(CC=O)CCCCC.COCCCCCCCCCC(CCCCCCCCCOC)CCN1CCN(C)CC1. The minimum absolute atomic E-state index is 0.672. The van der Waals surface area contributed by atoms with E-state index in [4.69, 9.17) is 9.47 Å². The molecule has 60 heavy (non-hydrogen) atoms. The normalized spacial score (nSPS) is 13.4. The van der Waals surface area contributed by atoms with Crippen LogP contribution in [0, 0.1) is 17.8 Å². The first-order valence-electron chi connectivity index (χ1n) is 26.7. The minimum atomic E-state index is 0.672. The molecule has 0 atom stereocenters. The Morgan fingerprint density at radius 2 is 0.700 bits per heavy atom. The number of carbonyl (C=O) groups excluding carboxylic acids is 2. The van der Waals surface area contributed by atoms with Crippen molar-refractivity contribution in [3.63, 3.8) is 0 Å². The maximum Gasteiger partial charge on any atom is 0.120 e. The first-order chi connectivity index (χ1) is 29.4. The van der Waals surface area contributed by atoms with Gasteiger partial charge in [-0.05, 0) is 50.6 Å². The molecule has 0 N–H and O–H groups in total. The number of hydrogen-bond acceptors (Lipinski definition) is 6. The van der Waals surface area contributed by atoms with Gasteiger partial charge in [0, 0.05) is 66.5 Å². The zero-order valence-corrected chi connectivity index (χ0v) is 42.1. The van der Waals surface area contributed by atoms with Gasteiger partial charge in [-0.15, -0.1) is 0 Å². The molecule has 0 saturated carbocycles. The highest BCUT2D eigenvalue weighted by Gasteiger charge is 2.16. The molecule has 0 aromatic heterocycles. The van der Waals surface area contributed by atoms with Gasteiger partial charge in [-0.2, -0.15) is 0 Å². The molecule has 0 aromatic carbocycles. The lowest BCUT2D eigenvalue weighted by Gasteiger charge is -2.33. The van der Waals surface area contributed by atoms with E-state index >= 15 is 0 Å². The lowest BCUT2D eigenvalue weighted by Crippen LogP contribution is -2.44. The Bertz CT molecular complexity index is 733. The molecule has 1 fully saturated rings. The summed E-state index contributed by atoms with van der Waals surface area (Å²) >= 11 is 0. The smallest absolute Gasteiger partial charge is 0.120 e. The zero-order valence-electron chi connectivity index (χ0n) is 42.1. The number of carbonyl (C=O) groups is 2. The summed E-state index contributed by atoms with van der Waals surface area (Å²) in [5.41, 5.74) is 0. The monoisotopic (exact) mass is 851 g/mol. The van der Waals surface area contributed by atoms with Crippen molar-refractivity contribution in [2.45, 2.75) is 252 Å². The highest BCUT2D eigenvalue weighted by molar-refractivity contribution is 5.49. The van der Waals surface area contributed by atoms with E-state index in [-0.39, 0.29) is 0 Å². The van der Waals surface area contributed by atoms with Crippen molar-refractivity contribution in [3.05, 3.63) is 0 Å². The lowest BCUT2D eigenvalue weighted by molar-refractivity contribution is -0.109. The van der Waals surface area contributed by atoms with Crippen LogP contribution >= 0.6 is 0 Å². The van der Waals surface area contributed by atoms with E-state index < -0.39 is 0 Å². The van der Waals surface area contributed by atoms with Gasteiger partial charge in [0.1, 0.15) is 12.6 Å². The Morgan fingerprint density at radius 3 is 1.02 bits per heavy atom. The number of likely N-dealkylation sites (N-methyl/N-ethyl adjacent to an activating group) is 1. The van der Waals surface area contributed by atoms with Crippen molar-refractivity contribution in [1.82, 2.24) is 9.80 Å². The predicted octanol–water partition coefficient (Wildman–Crippen LogP) is 15.5. The molecule has 0 amide bonds. The molecule has 6 nitrogen and oxygen atoms in total. The third-order valence-electron chi connectivity index (χ3n) is 13.1. The Hall–Kier alpha value is -0.820. The van der Waals surface area contributed by atoms with Crippen LogP contribution in [0.4, 0.5) is 0 Å². The number of ether oxygens (including phenoxy) is 2. The fourth-order valence-corrected chi connectivity index (χ4v) is 8.76. The van der Waals surface area contributed by atoms with E-state index in [9.17, 15) is 9.59 Å². The fraction of sp³-hybridized carbons (Fsp3) is 0.963. The highest BCUT2D eigenvalue weighted by atomic mass is 16.5. The minimum Gasteiger partial charge on any atom is -0.385 e. The van der Waals surface area contributed by atoms with Crippen LogP contribution in [0.5, 0.6) is 0 Å². The van der Waals surface area contributed by atoms with Crippen molar-refractivity contribution < 1.29 is 19.1 Å². The molecule has 6 heteroatoms. The topological polar surface area (TPSA) is 59.1 Å².